The van der Waals surface area contributed by atoms with Crippen LogP contribution >= 0.6 is 0 Å². The number of H-pyrrole nitrogens is 1. The molecule has 2 heterocycles. The van der Waals surface area contributed by atoms with E-state index in [9.17, 15) is 14.7 Å². The zero-order chi connectivity index (χ0) is 20.9. The van der Waals surface area contributed by atoms with Gasteiger partial charge in [-0.25, -0.2) is 9.36 Å². The number of para-hydroxylation sites is 1. The minimum atomic E-state index is -0.679. The molecule has 3 aromatic rings. The number of fused-ring (bicyclic) bond motifs is 1. The van der Waals surface area contributed by atoms with Crippen LogP contribution in [-0.2, 0) is 0 Å². The summed E-state index contributed by atoms with van der Waals surface area (Å²) in [4.78, 5) is 32.0. The molecule has 6 heteroatoms. The molecule has 4 rings (SSSR count). The van der Waals surface area contributed by atoms with Gasteiger partial charge in [-0.2, -0.15) is 0 Å². The number of aromatic hydroxyl groups is 1. The zero-order valence-electron chi connectivity index (χ0n) is 16.7. The second kappa shape index (κ2) is 6.74. The van der Waals surface area contributed by atoms with E-state index in [2.05, 4.69) is 9.98 Å². The number of allylic oxidation sites excluding steroid dienone is 1. The Morgan fingerprint density at radius 1 is 1.03 bits per heavy atom. The number of rotatable bonds is 2. The number of hydrogen-bond donors (Lipinski definition) is 2. The number of benzene rings is 2. The van der Waals surface area contributed by atoms with Crippen LogP contribution in [0.2, 0.25) is 0 Å². The zero-order valence-corrected chi connectivity index (χ0v) is 16.7. The van der Waals surface area contributed by atoms with Gasteiger partial charge in [-0.05, 0) is 51.0 Å². The maximum Gasteiger partial charge on any atom is 0.335 e. The molecule has 1 aliphatic heterocycles. The average Bonchev–Trinajstić information content (AvgIpc) is 2.95. The third-order valence-corrected chi connectivity index (χ3v) is 5.14. The molecule has 0 spiro atoms. The summed E-state index contributed by atoms with van der Waals surface area (Å²) in [5.41, 5.74) is 5.14. The van der Waals surface area contributed by atoms with Gasteiger partial charge in [-0.15, -0.1) is 0 Å². The van der Waals surface area contributed by atoms with Crippen molar-refractivity contribution in [2.75, 3.05) is 0 Å². The molecule has 0 fully saturated rings. The Hall–Kier alpha value is -3.67. The van der Waals surface area contributed by atoms with Crippen LogP contribution < -0.4 is 11.2 Å². The Balaban J connectivity index is 2.00. The molecule has 29 heavy (non-hydrogen) atoms. The van der Waals surface area contributed by atoms with E-state index in [-0.39, 0.29) is 5.56 Å². The van der Waals surface area contributed by atoms with Crippen LogP contribution in [0.1, 0.15) is 34.7 Å². The SMILES string of the molecule is CC1=Nc2ccccc2/C1=C\c1c(O)n(-c2c(C)cc(C)cc2C)c(=O)[nH]c1=O. The molecule has 2 aromatic carbocycles. The molecule has 0 saturated heterocycles. The van der Waals surface area contributed by atoms with Crippen LogP contribution in [-0.4, -0.2) is 20.4 Å². The van der Waals surface area contributed by atoms with Gasteiger partial charge < -0.3 is 5.11 Å². The van der Waals surface area contributed by atoms with Crippen LogP contribution in [0.3, 0.4) is 0 Å². The number of nitrogens with zero attached hydrogens (tertiary/aromatic N) is 2. The molecule has 0 aliphatic carbocycles. The smallest absolute Gasteiger partial charge is 0.335 e. The van der Waals surface area contributed by atoms with E-state index < -0.39 is 17.1 Å². The molecule has 1 aliphatic rings. The average molecular weight is 387 g/mol. The lowest BCUT2D eigenvalue weighted by Gasteiger charge is -2.16. The summed E-state index contributed by atoms with van der Waals surface area (Å²) in [6.45, 7) is 7.55. The van der Waals surface area contributed by atoms with Crippen molar-refractivity contribution in [1.29, 1.82) is 0 Å². The summed E-state index contributed by atoms with van der Waals surface area (Å²) in [5, 5.41) is 11.0. The first kappa shape index (κ1) is 18.7. The topological polar surface area (TPSA) is 87.4 Å². The number of nitrogens with one attached hydrogen (secondary N) is 1. The van der Waals surface area contributed by atoms with E-state index >= 15 is 0 Å². The largest absolute Gasteiger partial charge is 0.494 e. The summed E-state index contributed by atoms with van der Waals surface area (Å²) in [7, 11) is 0. The van der Waals surface area contributed by atoms with Gasteiger partial charge in [0.2, 0.25) is 5.88 Å². The molecule has 6 nitrogen and oxygen atoms in total. The maximum atomic E-state index is 12.6. The highest BCUT2D eigenvalue weighted by Crippen LogP contribution is 2.36. The lowest BCUT2D eigenvalue weighted by molar-refractivity contribution is 0.429. The van der Waals surface area contributed by atoms with E-state index in [1.54, 1.807) is 6.08 Å². The molecule has 0 atom stereocenters. The molecular formula is C23H21N3O3. The molecule has 2 N–H and O–H groups in total. The Morgan fingerprint density at radius 3 is 2.38 bits per heavy atom. The molecule has 0 saturated carbocycles. The number of aliphatic imine (C=N–C) groups is 1. The van der Waals surface area contributed by atoms with E-state index in [0.717, 1.165) is 43.8 Å². The predicted molar refractivity (Wildman–Crippen MR) is 116 cm³/mol. The van der Waals surface area contributed by atoms with E-state index in [1.165, 1.54) is 0 Å². The van der Waals surface area contributed by atoms with Crippen LogP contribution in [0.4, 0.5) is 5.69 Å². The highest BCUT2D eigenvalue weighted by molar-refractivity contribution is 6.31. The van der Waals surface area contributed by atoms with Gasteiger partial charge in [0.1, 0.15) is 5.56 Å². The van der Waals surface area contributed by atoms with E-state index in [4.69, 9.17) is 0 Å². The first-order valence-corrected chi connectivity index (χ1v) is 9.31. The fraction of sp³-hybridized carbons (Fsp3) is 0.174. The second-order valence-corrected chi connectivity index (χ2v) is 7.35. The van der Waals surface area contributed by atoms with E-state index in [0.29, 0.717) is 5.69 Å². The Bertz CT molecular complexity index is 1320. The minimum absolute atomic E-state index is 0.0187. The molecule has 0 unspecified atom stereocenters. The van der Waals surface area contributed by atoms with Gasteiger partial charge in [-0.1, -0.05) is 35.9 Å². The van der Waals surface area contributed by atoms with Crippen molar-refractivity contribution in [3.8, 4) is 11.6 Å². The Morgan fingerprint density at radius 2 is 1.69 bits per heavy atom. The van der Waals surface area contributed by atoms with Gasteiger partial charge in [-0.3, -0.25) is 14.8 Å². The Labute approximate surface area is 167 Å². The quantitative estimate of drug-likeness (QED) is 0.701. The maximum absolute atomic E-state index is 12.6. The van der Waals surface area contributed by atoms with Crippen molar-refractivity contribution in [1.82, 2.24) is 9.55 Å². The normalized spacial score (nSPS) is 14.2. The Kier molecular flexibility index (Phi) is 4.34. The fourth-order valence-electron chi connectivity index (χ4n) is 3.96. The van der Waals surface area contributed by atoms with Gasteiger partial charge in [0.25, 0.3) is 5.56 Å². The standard InChI is InChI=1S/C23H21N3O3/c1-12-9-13(2)20(14(3)10-12)26-22(28)18(21(27)25-23(26)29)11-17-15(4)24-19-8-6-5-7-16(17)19/h5-11,28H,1-4H3,(H,25,27,29)/b17-11-. The summed E-state index contributed by atoms with van der Waals surface area (Å²) in [6.07, 6.45) is 1.59. The van der Waals surface area contributed by atoms with Crippen molar-refractivity contribution in [2.24, 2.45) is 4.99 Å². The van der Waals surface area contributed by atoms with Crippen LogP contribution in [0.25, 0.3) is 17.3 Å². The van der Waals surface area contributed by atoms with E-state index in [1.807, 2.05) is 64.1 Å². The molecule has 0 amide bonds. The predicted octanol–water partition coefficient (Wildman–Crippen LogP) is 3.80. The first-order chi connectivity index (χ1) is 13.8. The number of hydrogen-bond acceptors (Lipinski definition) is 4. The molecule has 146 valence electrons. The lowest BCUT2D eigenvalue weighted by atomic mass is 10.0. The highest BCUT2D eigenvalue weighted by Gasteiger charge is 2.21. The summed E-state index contributed by atoms with van der Waals surface area (Å²) in [6, 6.07) is 11.5. The van der Waals surface area contributed by atoms with Crippen LogP contribution in [0.5, 0.6) is 5.88 Å². The third-order valence-electron chi connectivity index (χ3n) is 5.14. The van der Waals surface area contributed by atoms with Crippen LogP contribution in [0.15, 0.2) is 51.0 Å². The van der Waals surface area contributed by atoms with Crippen molar-refractivity contribution in [2.45, 2.75) is 27.7 Å². The number of aromatic nitrogens is 2. The minimum Gasteiger partial charge on any atom is -0.494 e. The molecule has 1 aromatic heterocycles. The van der Waals surface area contributed by atoms with Crippen molar-refractivity contribution in [3.05, 3.63) is 85.1 Å². The third kappa shape index (κ3) is 3.02. The second-order valence-electron chi connectivity index (χ2n) is 7.35. The molecule has 0 bridgehead atoms. The number of aromatic amines is 1. The lowest BCUT2D eigenvalue weighted by Crippen LogP contribution is -2.31. The van der Waals surface area contributed by atoms with Crippen molar-refractivity contribution < 1.29 is 5.11 Å². The van der Waals surface area contributed by atoms with Crippen LogP contribution in [0, 0.1) is 20.8 Å². The van der Waals surface area contributed by atoms with Gasteiger partial charge in [0, 0.05) is 16.8 Å². The molecular weight excluding hydrogens is 366 g/mol. The van der Waals surface area contributed by atoms with Crippen molar-refractivity contribution >= 4 is 23.0 Å². The molecule has 0 radical (unpaired) electrons. The fourth-order valence-corrected chi connectivity index (χ4v) is 3.96. The summed E-state index contributed by atoms with van der Waals surface area (Å²) in [5.74, 6) is -0.390. The van der Waals surface area contributed by atoms with Gasteiger partial charge >= 0.3 is 5.69 Å². The summed E-state index contributed by atoms with van der Waals surface area (Å²) >= 11 is 0. The number of aryl methyl sites for hydroxylation is 3. The summed E-state index contributed by atoms with van der Waals surface area (Å²) < 4.78 is 1.16. The monoisotopic (exact) mass is 387 g/mol. The van der Waals surface area contributed by atoms with Gasteiger partial charge in [0.15, 0.2) is 0 Å². The first-order valence-electron chi connectivity index (χ1n) is 9.31. The van der Waals surface area contributed by atoms with Crippen molar-refractivity contribution in [3.63, 3.8) is 0 Å². The van der Waals surface area contributed by atoms with Gasteiger partial charge in [0.05, 0.1) is 11.4 Å². The highest BCUT2D eigenvalue weighted by atomic mass is 16.3.